The molecule has 3 aromatic heterocycles. The zero-order chi connectivity index (χ0) is 24.0. The molecule has 0 atom stereocenters. The van der Waals surface area contributed by atoms with Gasteiger partial charge < -0.3 is 10.3 Å². The van der Waals surface area contributed by atoms with Crippen LogP contribution in [0.3, 0.4) is 0 Å². The average Bonchev–Trinajstić information content (AvgIpc) is 3.36. The van der Waals surface area contributed by atoms with E-state index in [-0.39, 0.29) is 27.8 Å². The first-order valence-corrected chi connectivity index (χ1v) is 12.2. The van der Waals surface area contributed by atoms with Crippen molar-refractivity contribution in [2.75, 3.05) is 10.5 Å². The van der Waals surface area contributed by atoms with Crippen LogP contribution in [0.25, 0.3) is 21.8 Å². The Kier molecular flexibility index (Phi) is 5.66. The Morgan fingerprint density at radius 3 is 2.52 bits per heavy atom. The van der Waals surface area contributed by atoms with E-state index in [2.05, 4.69) is 19.7 Å². The zero-order valence-electron chi connectivity index (χ0n) is 18.4. The second-order valence-corrected chi connectivity index (χ2v) is 10.9. The number of benzene rings is 1. The van der Waals surface area contributed by atoms with E-state index in [4.69, 9.17) is 10.7 Å². The lowest BCUT2D eigenvalue weighted by Gasteiger charge is -2.13. The summed E-state index contributed by atoms with van der Waals surface area (Å²) in [7, 11) is -2.56. The van der Waals surface area contributed by atoms with Crippen LogP contribution >= 0.6 is 11.3 Å². The SMILES string of the molecule is Cn1ccnc1S(=O)(=O)Nc1cccc(-c2nc(C(C)(C)C)sc2-c2ccnc(N)n2)c1F. The van der Waals surface area contributed by atoms with Gasteiger partial charge in [-0.2, -0.15) is 8.42 Å². The number of thiazole rings is 1. The van der Waals surface area contributed by atoms with Crippen LogP contribution in [0.2, 0.25) is 0 Å². The van der Waals surface area contributed by atoms with E-state index in [0.717, 1.165) is 5.01 Å². The van der Waals surface area contributed by atoms with E-state index >= 15 is 4.39 Å². The number of nitrogens with two attached hydrogens (primary N) is 1. The Morgan fingerprint density at radius 2 is 1.88 bits per heavy atom. The van der Waals surface area contributed by atoms with Crippen LogP contribution in [0.5, 0.6) is 0 Å². The van der Waals surface area contributed by atoms with Gasteiger partial charge in [-0.15, -0.1) is 11.3 Å². The summed E-state index contributed by atoms with van der Waals surface area (Å²) in [5.74, 6) is -0.675. The molecule has 12 heteroatoms. The molecule has 4 aromatic rings. The molecule has 0 spiro atoms. The largest absolute Gasteiger partial charge is 0.368 e. The topological polar surface area (TPSA) is 129 Å². The summed E-state index contributed by atoms with van der Waals surface area (Å²) in [5.41, 5.74) is 6.23. The van der Waals surface area contributed by atoms with Gasteiger partial charge in [0.2, 0.25) is 11.1 Å². The third kappa shape index (κ3) is 4.44. The molecule has 0 fully saturated rings. The van der Waals surface area contributed by atoms with Crippen LogP contribution in [0.15, 0.2) is 48.0 Å². The fourth-order valence-corrected chi connectivity index (χ4v) is 5.38. The quantitative estimate of drug-likeness (QED) is 0.438. The summed E-state index contributed by atoms with van der Waals surface area (Å²) in [5, 5.41) is 0.538. The highest BCUT2D eigenvalue weighted by Crippen LogP contribution is 2.41. The number of nitrogen functional groups attached to an aromatic ring is 1. The van der Waals surface area contributed by atoms with E-state index in [9.17, 15) is 8.42 Å². The summed E-state index contributed by atoms with van der Waals surface area (Å²) in [6.45, 7) is 6.00. The number of anilines is 2. The molecule has 1 aromatic carbocycles. The third-order valence-corrected chi connectivity index (χ3v) is 7.56. The molecule has 0 amide bonds. The Morgan fingerprint density at radius 1 is 1.12 bits per heavy atom. The number of rotatable bonds is 5. The molecule has 0 saturated heterocycles. The van der Waals surface area contributed by atoms with Gasteiger partial charge in [-0.25, -0.2) is 24.3 Å². The smallest absolute Gasteiger partial charge is 0.296 e. The maximum atomic E-state index is 15.7. The van der Waals surface area contributed by atoms with Crippen LogP contribution in [-0.4, -0.2) is 32.9 Å². The molecule has 172 valence electrons. The zero-order valence-corrected chi connectivity index (χ0v) is 20.0. The normalized spacial score (nSPS) is 12.2. The van der Waals surface area contributed by atoms with Gasteiger partial charge in [0, 0.05) is 36.6 Å². The molecule has 4 rings (SSSR count). The lowest BCUT2D eigenvalue weighted by molar-refractivity contribution is 0.582. The lowest BCUT2D eigenvalue weighted by Crippen LogP contribution is -2.18. The number of aromatic nitrogens is 5. The van der Waals surface area contributed by atoms with Gasteiger partial charge in [0.25, 0.3) is 10.0 Å². The van der Waals surface area contributed by atoms with E-state index in [0.29, 0.717) is 16.3 Å². The van der Waals surface area contributed by atoms with Crippen molar-refractivity contribution in [2.24, 2.45) is 7.05 Å². The van der Waals surface area contributed by atoms with E-state index in [1.54, 1.807) is 18.2 Å². The molecule has 9 nitrogen and oxygen atoms in total. The number of imidazole rings is 1. The van der Waals surface area contributed by atoms with E-state index in [1.807, 2.05) is 20.8 Å². The highest BCUT2D eigenvalue weighted by molar-refractivity contribution is 7.92. The number of nitrogens with zero attached hydrogens (tertiary/aromatic N) is 5. The molecule has 0 aliphatic heterocycles. The summed E-state index contributed by atoms with van der Waals surface area (Å²) >= 11 is 1.38. The van der Waals surface area contributed by atoms with Crippen LogP contribution < -0.4 is 10.5 Å². The summed E-state index contributed by atoms with van der Waals surface area (Å²) < 4.78 is 44.8. The number of sulfonamides is 1. The number of aryl methyl sites for hydroxylation is 1. The maximum Gasteiger partial charge on any atom is 0.296 e. The first-order chi connectivity index (χ1) is 15.5. The molecular weight excluding hydrogens is 465 g/mol. The Balaban J connectivity index is 1.85. The molecule has 0 radical (unpaired) electrons. The van der Waals surface area contributed by atoms with Crippen molar-refractivity contribution in [3.63, 3.8) is 0 Å². The molecule has 3 N–H and O–H groups in total. The lowest BCUT2D eigenvalue weighted by atomic mass is 9.98. The molecule has 33 heavy (non-hydrogen) atoms. The van der Waals surface area contributed by atoms with Crippen molar-refractivity contribution < 1.29 is 12.8 Å². The molecule has 3 heterocycles. The summed E-state index contributed by atoms with van der Waals surface area (Å²) in [6.07, 6.45) is 4.36. The van der Waals surface area contributed by atoms with Crippen LogP contribution in [-0.2, 0) is 22.5 Å². The van der Waals surface area contributed by atoms with Crippen LogP contribution in [0.4, 0.5) is 16.0 Å². The van der Waals surface area contributed by atoms with Crippen molar-refractivity contribution in [2.45, 2.75) is 31.3 Å². The molecule has 0 aliphatic carbocycles. The number of nitrogens with one attached hydrogen (secondary N) is 1. The minimum atomic E-state index is -4.10. The minimum absolute atomic E-state index is 0.0845. The summed E-state index contributed by atoms with van der Waals surface area (Å²) in [4.78, 5) is 17.3. The number of halogens is 1. The predicted octanol–water partition coefficient (Wildman–Crippen LogP) is 3.82. The summed E-state index contributed by atoms with van der Waals surface area (Å²) in [6, 6.07) is 6.12. The van der Waals surface area contributed by atoms with E-state index in [1.165, 1.54) is 47.6 Å². The van der Waals surface area contributed by atoms with Crippen molar-refractivity contribution in [1.82, 2.24) is 24.5 Å². The molecule has 0 aliphatic rings. The van der Waals surface area contributed by atoms with Crippen molar-refractivity contribution in [1.29, 1.82) is 0 Å². The molecular formula is C21H22FN7O2S2. The van der Waals surface area contributed by atoms with Crippen molar-refractivity contribution >= 4 is 33.0 Å². The Labute approximate surface area is 194 Å². The first kappa shape index (κ1) is 22.8. The fraction of sp³-hybridized carbons (Fsp3) is 0.238. The Hall–Kier alpha value is -3.38. The average molecular weight is 488 g/mol. The maximum absolute atomic E-state index is 15.7. The standard InChI is InChI=1S/C21H22FN7O2S2/c1-21(2,3)18-27-16(17(32-18)14-8-9-24-19(23)26-14)12-6-5-7-13(15(12)22)28-33(30,31)20-25-10-11-29(20)4/h5-11,28H,1-4H3,(H2,23,24,26). The monoisotopic (exact) mass is 487 g/mol. The van der Waals surface area contributed by atoms with Gasteiger partial charge in [-0.05, 0) is 18.2 Å². The van der Waals surface area contributed by atoms with Crippen molar-refractivity contribution in [3.8, 4) is 21.8 Å². The second kappa shape index (κ2) is 8.19. The van der Waals surface area contributed by atoms with Gasteiger partial charge >= 0.3 is 0 Å². The molecule has 0 bridgehead atoms. The van der Waals surface area contributed by atoms with Crippen LogP contribution in [0, 0.1) is 5.82 Å². The fourth-order valence-electron chi connectivity index (χ4n) is 3.09. The highest BCUT2D eigenvalue weighted by Gasteiger charge is 2.27. The highest BCUT2D eigenvalue weighted by atomic mass is 32.2. The Bertz CT molecular complexity index is 1440. The van der Waals surface area contributed by atoms with Gasteiger partial charge in [0.15, 0.2) is 5.82 Å². The molecule has 0 unspecified atom stereocenters. The molecule has 0 saturated carbocycles. The first-order valence-electron chi connectivity index (χ1n) is 9.86. The second-order valence-electron chi connectivity index (χ2n) is 8.34. The third-order valence-electron chi connectivity index (χ3n) is 4.69. The van der Waals surface area contributed by atoms with Crippen molar-refractivity contribution in [3.05, 3.63) is 53.7 Å². The van der Waals surface area contributed by atoms with Gasteiger partial charge in [-0.1, -0.05) is 26.8 Å². The van der Waals surface area contributed by atoms with Gasteiger partial charge in [-0.3, -0.25) is 4.72 Å². The van der Waals surface area contributed by atoms with Gasteiger partial charge in [0.05, 0.1) is 27.0 Å². The number of hydrogen-bond donors (Lipinski definition) is 2. The number of hydrogen-bond acceptors (Lipinski definition) is 8. The minimum Gasteiger partial charge on any atom is -0.368 e. The van der Waals surface area contributed by atoms with Crippen LogP contribution in [0.1, 0.15) is 25.8 Å². The van der Waals surface area contributed by atoms with E-state index < -0.39 is 15.8 Å². The predicted molar refractivity (Wildman–Crippen MR) is 126 cm³/mol. The van der Waals surface area contributed by atoms with Gasteiger partial charge in [0.1, 0.15) is 0 Å².